The van der Waals surface area contributed by atoms with Gasteiger partial charge >= 0.3 is 0 Å². The fraction of sp³-hybridized carbons (Fsp3) is 0.250. The van der Waals surface area contributed by atoms with Gasteiger partial charge in [0.1, 0.15) is 17.5 Å². The first-order chi connectivity index (χ1) is 14.0. The van der Waals surface area contributed by atoms with E-state index in [0.717, 1.165) is 16.1 Å². The number of amides is 1. The summed E-state index contributed by atoms with van der Waals surface area (Å²) in [6, 6.07) is 9.52. The van der Waals surface area contributed by atoms with E-state index in [1.54, 1.807) is 29.0 Å². The number of aromatic nitrogens is 5. The van der Waals surface area contributed by atoms with E-state index in [2.05, 4.69) is 15.1 Å². The van der Waals surface area contributed by atoms with Gasteiger partial charge in [-0.2, -0.15) is 5.10 Å². The zero-order valence-corrected chi connectivity index (χ0v) is 16.9. The number of rotatable bonds is 6. The van der Waals surface area contributed by atoms with E-state index in [4.69, 9.17) is 0 Å². The van der Waals surface area contributed by atoms with Crippen LogP contribution in [0, 0.1) is 0 Å². The highest BCUT2D eigenvalue weighted by molar-refractivity contribution is 7.16. The Balaban J connectivity index is 1.41. The number of fused-ring (bicyclic) bond motifs is 1. The van der Waals surface area contributed by atoms with Crippen LogP contribution in [0.1, 0.15) is 24.9 Å². The maximum Gasteiger partial charge on any atom is 0.262 e. The lowest BCUT2D eigenvalue weighted by atomic mass is 10.1. The summed E-state index contributed by atoms with van der Waals surface area (Å²) in [6.45, 7) is 2.28. The van der Waals surface area contributed by atoms with Crippen LogP contribution < -0.4 is 5.56 Å². The monoisotopic (exact) mass is 408 g/mol. The standard InChI is InChI=1S/C20H20N6O2S/c1-14(15-3-5-16(6-4-15)26-12-21-11-23-26)24(2)18(27)7-9-25-13-22-19-17(20(25)28)8-10-29-19/h3-6,8,10-14H,7,9H2,1-2H3/t14-/m1/s1. The van der Waals surface area contributed by atoms with E-state index in [0.29, 0.717) is 11.9 Å². The molecule has 0 aliphatic rings. The first kappa shape index (κ1) is 19.0. The van der Waals surface area contributed by atoms with Crippen LogP contribution in [0.3, 0.4) is 0 Å². The third-order valence-electron chi connectivity index (χ3n) is 5.05. The van der Waals surface area contributed by atoms with Crippen molar-refractivity contribution in [1.29, 1.82) is 0 Å². The zero-order valence-electron chi connectivity index (χ0n) is 16.1. The molecule has 0 saturated heterocycles. The topological polar surface area (TPSA) is 85.9 Å². The van der Waals surface area contributed by atoms with Crippen LogP contribution in [0.25, 0.3) is 15.9 Å². The van der Waals surface area contributed by atoms with Crippen LogP contribution in [-0.4, -0.2) is 42.2 Å². The molecule has 0 bridgehead atoms. The predicted octanol–water partition coefficient (Wildman–Crippen LogP) is 2.65. The molecule has 0 aliphatic heterocycles. The van der Waals surface area contributed by atoms with E-state index in [9.17, 15) is 9.59 Å². The van der Waals surface area contributed by atoms with E-state index in [-0.39, 0.29) is 23.9 Å². The van der Waals surface area contributed by atoms with E-state index < -0.39 is 0 Å². The summed E-state index contributed by atoms with van der Waals surface area (Å²) >= 11 is 1.43. The van der Waals surface area contributed by atoms with Gasteiger partial charge in [-0.1, -0.05) is 12.1 Å². The Morgan fingerprint density at radius 3 is 2.72 bits per heavy atom. The Labute approximate surface area is 171 Å². The minimum Gasteiger partial charge on any atom is -0.339 e. The van der Waals surface area contributed by atoms with Gasteiger partial charge < -0.3 is 4.90 Å². The molecule has 0 radical (unpaired) electrons. The van der Waals surface area contributed by atoms with Crippen LogP contribution in [0.15, 0.2) is 59.5 Å². The molecule has 1 atom stereocenters. The number of aryl methyl sites for hydroxylation is 1. The van der Waals surface area contributed by atoms with Crippen molar-refractivity contribution in [1.82, 2.24) is 29.2 Å². The molecule has 1 aromatic carbocycles. The summed E-state index contributed by atoms with van der Waals surface area (Å²) in [7, 11) is 1.78. The summed E-state index contributed by atoms with van der Waals surface area (Å²) < 4.78 is 3.18. The fourth-order valence-electron chi connectivity index (χ4n) is 3.13. The molecule has 0 saturated carbocycles. The molecular formula is C20H20N6O2S. The van der Waals surface area contributed by atoms with Gasteiger partial charge in [-0.3, -0.25) is 14.2 Å². The Hall–Kier alpha value is -3.33. The van der Waals surface area contributed by atoms with Gasteiger partial charge in [-0.15, -0.1) is 11.3 Å². The molecule has 4 aromatic rings. The van der Waals surface area contributed by atoms with Crippen LogP contribution in [0.4, 0.5) is 0 Å². The highest BCUT2D eigenvalue weighted by Gasteiger charge is 2.18. The van der Waals surface area contributed by atoms with Crippen LogP contribution in [0.2, 0.25) is 0 Å². The lowest BCUT2D eigenvalue weighted by Gasteiger charge is -2.25. The van der Waals surface area contributed by atoms with Gasteiger partial charge in [0.2, 0.25) is 5.91 Å². The highest BCUT2D eigenvalue weighted by Crippen LogP contribution is 2.21. The summed E-state index contributed by atoms with van der Waals surface area (Å²) in [6.07, 6.45) is 4.87. The molecule has 0 unspecified atom stereocenters. The SMILES string of the molecule is C[C@H](c1ccc(-n2cncn2)cc1)N(C)C(=O)CCn1cnc2sccc2c1=O. The molecule has 1 amide bonds. The number of benzene rings is 1. The van der Waals surface area contributed by atoms with E-state index in [1.807, 2.05) is 36.6 Å². The maximum atomic E-state index is 12.7. The Bertz CT molecular complexity index is 1180. The number of hydrogen-bond acceptors (Lipinski definition) is 6. The molecule has 4 rings (SSSR count). The molecule has 0 N–H and O–H groups in total. The molecule has 0 spiro atoms. The van der Waals surface area contributed by atoms with Gasteiger partial charge in [-0.05, 0) is 36.1 Å². The second-order valence-corrected chi connectivity index (χ2v) is 7.64. The predicted molar refractivity (Wildman–Crippen MR) is 111 cm³/mol. The Morgan fingerprint density at radius 2 is 2.00 bits per heavy atom. The quantitative estimate of drug-likeness (QED) is 0.490. The molecule has 0 aliphatic carbocycles. The summed E-state index contributed by atoms with van der Waals surface area (Å²) in [5.41, 5.74) is 1.81. The van der Waals surface area contributed by atoms with Crippen LogP contribution >= 0.6 is 11.3 Å². The number of nitrogens with zero attached hydrogens (tertiary/aromatic N) is 6. The van der Waals surface area contributed by atoms with Crippen molar-refractivity contribution in [3.8, 4) is 5.69 Å². The van der Waals surface area contributed by atoms with Crippen LogP contribution in [-0.2, 0) is 11.3 Å². The van der Waals surface area contributed by atoms with Gasteiger partial charge in [0.05, 0.1) is 23.4 Å². The molecule has 29 heavy (non-hydrogen) atoms. The largest absolute Gasteiger partial charge is 0.339 e. The number of thiophene rings is 1. The van der Waals surface area contributed by atoms with Crippen molar-refractivity contribution >= 4 is 27.5 Å². The molecule has 9 heteroatoms. The zero-order chi connectivity index (χ0) is 20.4. The summed E-state index contributed by atoms with van der Waals surface area (Å²) in [4.78, 5) is 35.8. The lowest BCUT2D eigenvalue weighted by Crippen LogP contribution is -2.31. The van der Waals surface area contributed by atoms with Crippen molar-refractivity contribution in [3.63, 3.8) is 0 Å². The number of carbonyl (C=O) groups excluding carboxylic acids is 1. The van der Waals surface area contributed by atoms with Gasteiger partial charge in [0.15, 0.2) is 0 Å². The van der Waals surface area contributed by atoms with Crippen LogP contribution in [0.5, 0.6) is 0 Å². The van der Waals surface area contributed by atoms with Crippen molar-refractivity contribution in [3.05, 3.63) is 70.6 Å². The Kier molecular flexibility index (Phi) is 5.22. The lowest BCUT2D eigenvalue weighted by molar-refractivity contribution is -0.132. The van der Waals surface area contributed by atoms with Gasteiger partial charge in [0.25, 0.3) is 5.56 Å². The molecular weight excluding hydrogens is 388 g/mol. The number of carbonyl (C=O) groups is 1. The second-order valence-electron chi connectivity index (χ2n) is 6.74. The van der Waals surface area contributed by atoms with Crippen molar-refractivity contribution in [2.75, 3.05) is 7.05 Å². The molecule has 0 fully saturated rings. The minimum absolute atomic E-state index is 0.0323. The highest BCUT2D eigenvalue weighted by atomic mass is 32.1. The fourth-order valence-corrected chi connectivity index (χ4v) is 3.86. The van der Waals surface area contributed by atoms with E-state index >= 15 is 0 Å². The smallest absolute Gasteiger partial charge is 0.262 e. The first-order valence-electron chi connectivity index (χ1n) is 9.18. The normalized spacial score (nSPS) is 12.2. The average Bonchev–Trinajstić information content (AvgIpc) is 3.44. The molecule has 148 valence electrons. The average molecular weight is 408 g/mol. The number of hydrogen-bond donors (Lipinski definition) is 0. The summed E-state index contributed by atoms with van der Waals surface area (Å²) in [5.74, 6) is -0.0323. The van der Waals surface area contributed by atoms with E-state index in [1.165, 1.54) is 28.6 Å². The molecule has 8 nitrogen and oxygen atoms in total. The molecule has 3 heterocycles. The van der Waals surface area contributed by atoms with Crippen molar-refractivity contribution < 1.29 is 4.79 Å². The third-order valence-corrected chi connectivity index (χ3v) is 5.87. The molecule has 3 aromatic heterocycles. The van der Waals surface area contributed by atoms with Crippen molar-refractivity contribution in [2.45, 2.75) is 25.9 Å². The maximum absolute atomic E-state index is 12.7. The van der Waals surface area contributed by atoms with Gasteiger partial charge in [-0.25, -0.2) is 14.6 Å². The minimum atomic E-state index is -0.108. The third kappa shape index (κ3) is 3.81. The first-order valence-corrected chi connectivity index (χ1v) is 10.1. The summed E-state index contributed by atoms with van der Waals surface area (Å²) in [5, 5.41) is 6.55. The second kappa shape index (κ2) is 7.96. The van der Waals surface area contributed by atoms with Gasteiger partial charge in [0, 0.05) is 20.0 Å². The Morgan fingerprint density at radius 1 is 1.21 bits per heavy atom. The van der Waals surface area contributed by atoms with Crippen molar-refractivity contribution in [2.24, 2.45) is 0 Å².